The Hall–Kier alpha value is -1.77. The number of benzene rings is 1. The second-order valence-corrected chi connectivity index (χ2v) is 5.19. The Morgan fingerprint density at radius 2 is 2.06 bits per heavy atom. The predicted octanol–water partition coefficient (Wildman–Crippen LogP) is 3.77. The molecule has 0 unspecified atom stereocenters. The highest BCUT2D eigenvalue weighted by Crippen LogP contribution is 2.25. The Morgan fingerprint density at radius 1 is 1.33 bits per heavy atom. The molecule has 0 amide bonds. The Morgan fingerprint density at radius 3 is 2.67 bits per heavy atom. The highest BCUT2D eigenvalue weighted by molar-refractivity contribution is 7.13. The lowest BCUT2D eigenvalue weighted by Crippen LogP contribution is -1.87. The molecule has 1 aromatic heterocycles. The van der Waals surface area contributed by atoms with E-state index < -0.39 is 0 Å². The first-order chi connectivity index (χ1) is 8.70. The van der Waals surface area contributed by atoms with E-state index in [1.165, 1.54) is 11.6 Å². The van der Waals surface area contributed by atoms with Crippen LogP contribution in [0.5, 0.6) is 0 Å². The first kappa shape index (κ1) is 12.7. The van der Waals surface area contributed by atoms with Gasteiger partial charge in [-0.25, -0.2) is 9.78 Å². The van der Waals surface area contributed by atoms with Gasteiger partial charge in [-0.05, 0) is 11.5 Å². The number of rotatable bonds is 4. The van der Waals surface area contributed by atoms with Crippen molar-refractivity contribution >= 4 is 17.4 Å². The summed E-state index contributed by atoms with van der Waals surface area (Å²) in [5, 5.41) is 2.88. The summed E-state index contributed by atoms with van der Waals surface area (Å²) in [4.78, 5) is 18.0. The molecule has 0 aliphatic carbocycles. The van der Waals surface area contributed by atoms with Crippen molar-refractivity contribution in [3.8, 4) is 10.6 Å². The summed E-state index contributed by atoms with van der Waals surface area (Å²) in [6.07, 6.45) is 1.52. The Bertz CT molecular complexity index is 566. The van der Waals surface area contributed by atoms with Crippen LogP contribution in [0.2, 0.25) is 0 Å². The number of carbonyl (C=O) groups excluding carboxylic acids is 1. The third-order valence-corrected chi connectivity index (χ3v) is 3.62. The van der Waals surface area contributed by atoms with Gasteiger partial charge in [-0.15, -0.1) is 11.3 Å². The third-order valence-electron chi connectivity index (χ3n) is 2.68. The van der Waals surface area contributed by atoms with Crippen LogP contribution < -0.4 is 0 Å². The number of hydrogen-bond acceptors (Lipinski definition) is 4. The fraction of sp³-hybridized carbons (Fsp3) is 0.286. The summed E-state index contributed by atoms with van der Waals surface area (Å²) >= 11 is 1.57. The van der Waals surface area contributed by atoms with Crippen LogP contribution in [0.15, 0.2) is 34.6 Å². The maximum Gasteiger partial charge on any atom is 0.235 e. The average Bonchev–Trinajstić information content (AvgIpc) is 2.85. The summed E-state index contributed by atoms with van der Waals surface area (Å²) in [5.41, 5.74) is 3.23. The monoisotopic (exact) mass is 258 g/mol. The van der Waals surface area contributed by atoms with Crippen molar-refractivity contribution in [1.29, 1.82) is 0 Å². The van der Waals surface area contributed by atoms with Crippen LogP contribution >= 0.6 is 11.3 Å². The molecule has 0 radical (unpaired) electrons. The van der Waals surface area contributed by atoms with Crippen LogP contribution in [-0.2, 0) is 11.3 Å². The zero-order valence-electron chi connectivity index (χ0n) is 10.4. The predicted molar refractivity (Wildman–Crippen MR) is 73.5 cm³/mol. The molecule has 92 valence electrons. The van der Waals surface area contributed by atoms with E-state index in [9.17, 15) is 4.79 Å². The highest BCUT2D eigenvalue weighted by atomic mass is 32.1. The molecule has 0 fully saturated rings. The van der Waals surface area contributed by atoms with Crippen LogP contribution in [0.1, 0.15) is 31.0 Å². The number of aromatic nitrogens is 1. The summed E-state index contributed by atoms with van der Waals surface area (Å²) in [5.74, 6) is 0.535. The Labute approximate surface area is 110 Å². The van der Waals surface area contributed by atoms with Crippen LogP contribution in [-0.4, -0.2) is 11.1 Å². The number of nitrogens with zero attached hydrogens (tertiary/aromatic N) is 2. The van der Waals surface area contributed by atoms with Crippen LogP contribution in [0, 0.1) is 0 Å². The van der Waals surface area contributed by atoms with Gasteiger partial charge in [0.2, 0.25) is 6.08 Å². The number of hydrogen-bond donors (Lipinski definition) is 0. The second-order valence-electron chi connectivity index (χ2n) is 4.33. The first-order valence-corrected chi connectivity index (χ1v) is 6.67. The zero-order valence-corrected chi connectivity index (χ0v) is 11.2. The molecule has 4 heteroatoms. The van der Waals surface area contributed by atoms with Crippen LogP contribution in [0.3, 0.4) is 0 Å². The van der Waals surface area contributed by atoms with Gasteiger partial charge in [-0.1, -0.05) is 38.1 Å². The quantitative estimate of drug-likeness (QED) is 0.619. The number of aliphatic imine (C=N–C) groups is 1. The van der Waals surface area contributed by atoms with Crippen molar-refractivity contribution in [2.45, 2.75) is 26.3 Å². The molecular formula is C14H14N2OS. The number of isocyanates is 1. The second kappa shape index (κ2) is 5.71. The SMILES string of the molecule is CC(C)c1ccc(-c2nc(CN=C=O)cs2)cc1. The van der Waals surface area contributed by atoms with Gasteiger partial charge in [0.1, 0.15) is 5.01 Å². The van der Waals surface area contributed by atoms with E-state index in [1.54, 1.807) is 11.3 Å². The largest absolute Gasteiger partial charge is 0.239 e. The third kappa shape index (κ3) is 2.92. The molecule has 18 heavy (non-hydrogen) atoms. The van der Waals surface area contributed by atoms with Gasteiger partial charge in [0, 0.05) is 10.9 Å². The molecule has 0 N–H and O–H groups in total. The molecule has 0 bridgehead atoms. The fourth-order valence-electron chi connectivity index (χ4n) is 1.64. The molecule has 0 aliphatic heterocycles. The molecule has 0 saturated heterocycles. The summed E-state index contributed by atoms with van der Waals surface area (Å²) in [7, 11) is 0. The maximum absolute atomic E-state index is 10.0. The van der Waals surface area contributed by atoms with E-state index in [4.69, 9.17) is 0 Å². The normalized spacial score (nSPS) is 10.4. The molecule has 2 aromatic rings. The summed E-state index contributed by atoms with van der Waals surface area (Å²) < 4.78 is 0. The van der Waals surface area contributed by atoms with Gasteiger partial charge in [0.15, 0.2) is 0 Å². The van der Waals surface area contributed by atoms with E-state index in [-0.39, 0.29) is 0 Å². The lowest BCUT2D eigenvalue weighted by molar-refractivity contribution is 0.562. The molecule has 1 aromatic carbocycles. The van der Waals surface area contributed by atoms with E-state index >= 15 is 0 Å². The van der Waals surface area contributed by atoms with Crippen LogP contribution in [0.25, 0.3) is 10.6 Å². The Balaban J connectivity index is 2.20. The van der Waals surface area contributed by atoms with Gasteiger partial charge in [-0.2, -0.15) is 4.99 Å². The molecule has 0 spiro atoms. The average molecular weight is 258 g/mol. The van der Waals surface area contributed by atoms with Crippen molar-refractivity contribution in [3.63, 3.8) is 0 Å². The minimum atomic E-state index is 0.310. The molecule has 0 aliphatic rings. The molecular weight excluding hydrogens is 244 g/mol. The van der Waals surface area contributed by atoms with Crippen LogP contribution in [0.4, 0.5) is 0 Å². The van der Waals surface area contributed by atoms with Crippen molar-refractivity contribution < 1.29 is 4.79 Å². The fourth-order valence-corrected chi connectivity index (χ4v) is 2.45. The smallest absolute Gasteiger partial charge is 0.235 e. The minimum Gasteiger partial charge on any atom is -0.239 e. The van der Waals surface area contributed by atoms with Gasteiger partial charge in [0.05, 0.1) is 12.2 Å². The Kier molecular flexibility index (Phi) is 4.03. The molecule has 2 rings (SSSR count). The van der Waals surface area contributed by atoms with Gasteiger partial charge in [-0.3, -0.25) is 0 Å². The molecule has 0 atom stereocenters. The zero-order chi connectivity index (χ0) is 13.0. The lowest BCUT2D eigenvalue weighted by Gasteiger charge is -2.05. The first-order valence-electron chi connectivity index (χ1n) is 5.79. The topological polar surface area (TPSA) is 42.3 Å². The van der Waals surface area contributed by atoms with E-state index in [2.05, 4.69) is 48.1 Å². The van der Waals surface area contributed by atoms with E-state index in [1.807, 2.05) is 5.38 Å². The van der Waals surface area contributed by atoms with Gasteiger partial charge in [0.25, 0.3) is 0 Å². The molecule has 0 saturated carbocycles. The molecule has 1 heterocycles. The lowest BCUT2D eigenvalue weighted by atomic mass is 10.0. The molecule has 3 nitrogen and oxygen atoms in total. The minimum absolute atomic E-state index is 0.310. The van der Waals surface area contributed by atoms with Crippen molar-refractivity contribution in [2.24, 2.45) is 4.99 Å². The summed E-state index contributed by atoms with van der Waals surface area (Å²) in [6.45, 7) is 4.66. The van der Waals surface area contributed by atoms with Gasteiger partial charge < -0.3 is 0 Å². The maximum atomic E-state index is 10.0. The van der Waals surface area contributed by atoms with Crippen molar-refractivity contribution in [2.75, 3.05) is 0 Å². The highest BCUT2D eigenvalue weighted by Gasteiger charge is 2.05. The number of thiazole rings is 1. The van der Waals surface area contributed by atoms with Crippen molar-refractivity contribution in [3.05, 3.63) is 40.9 Å². The van der Waals surface area contributed by atoms with E-state index in [0.29, 0.717) is 12.5 Å². The van der Waals surface area contributed by atoms with Crippen molar-refractivity contribution in [1.82, 2.24) is 4.98 Å². The standard InChI is InChI=1S/C14H14N2OS/c1-10(2)11-3-5-12(6-4-11)14-16-13(8-18-14)7-15-9-17/h3-6,8,10H,7H2,1-2H3. The van der Waals surface area contributed by atoms with E-state index in [0.717, 1.165) is 16.3 Å². The summed E-state index contributed by atoms with van der Waals surface area (Å²) in [6, 6.07) is 8.43. The van der Waals surface area contributed by atoms with Gasteiger partial charge >= 0.3 is 0 Å².